The summed E-state index contributed by atoms with van der Waals surface area (Å²) in [5, 5.41) is 7.52. The van der Waals surface area contributed by atoms with E-state index in [0.29, 0.717) is 0 Å². The number of hydrogen-bond donors (Lipinski definition) is 0. The Balaban J connectivity index is 0.815. The summed E-state index contributed by atoms with van der Waals surface area (Å²) in [5.74, 6) is 0.202. The summed E-state index contributed by atoms with van der Waals surface area (Å²) in [6.45, 7) is 4.89. The van der Waals surface area contributed by atoms with E-state index in [0.717, 1.165) is 35.6 Å². The molecule has 13 aromatic carbocycles. The maximum absolute atomic E-state index is 2.56. The van der Waals surface area contributed by atoms with Crippen LogP contribution in [0.25, 0.3) is 99.1 Å². The van der Waals surface area contributed by atoms with Crippen molar-refractivity contribution < 1.29 is 0 Å². The van der Waals surface area contributed by atoms with E-state index in [1.807, 2.05) is 0 Å². The van der Waals surface area contributed by atoms with Gasteiger partial charge in [-0.3, -0.25) is 0 Å². The number of para-hydroxylation sites is 4. The Morgan fingerprint density at radius 3 is 1.34 bits per heavy atom. The molecule has 1 atom stereocenters. The van der Waals surface area contributed by atoms with Crippen molar-refractivity contribution in [3.05, 3.63) is 331 Å². The second kappa shape index (κ2) is 20.4. The Bertz CT molecular complexity index is 4920. The third-order valence-corrected chi connectivity index (χ3v) is 18.3. The Morgan fingerprint density at radius 2 is 0.776 bits per heavy atom. The fraction of sp³-hybridized carbons (Fsp3) is 0.0732. The lowest BCUT2D eigenvalue weighted by Crippen LogP contribution is -2.17. The van der Waals surface area contributed by atoms with Crippen molar-refractivity contribution in [2.24, 2.45) is 0 Å². The normalized spacial score (nSPS) is 13.0. The number of hydrogen-bond acceptors (Lipinski definition) is 1. The summed E-state index contributed by atoms with van der Waals surface area (Å²) in [4.78, 5) is 2.50. The lowest BCUT2D eigenvalue weighted by molar-refractivity contribution is 0.652. The van der Waals surface area contributed by atoms with Gasteiger partial charge in [0, 0.05) is 55.1 Å². The second-order valence-corrected chi connectivity index (χ2v) is 23.6. The summed E-state index contributed by atoms with van der Waals surface area (Å²) < 4.78 is 4.88. The Labute approximate surface area is 496 Å². The van der Waals surface area contributed by atoms with Crippen LogP contribution in [0.4, 0.5) is 17.1 Å². The number of rotatable bonds is 12. The fourth-order valence-electron chi connectivity index (χ4n) is 14.2. The predicted octanol–water partition coefficient (Wildman–Crippen LogP) is 21.7. The quantitative estimate of drug-likeness (QED) is 0.119. The zero-order valence-electron chi connectivity index (χ0n) is 47.7. The molecule has 0 N–H and O–H groups in total. The van der Waals surface area contributed by atoms with Gasteiger partial charge in [0.1, 0.15) is 0 Å². The molecule has 404 valence electrons. The Kier molecular flexibility index (Phi) is 12.1. The SMILES string of the molecule is CC1(C)c2cc(CC(Cc3ccc(-c4ccccc4)cc3)c3cccc(-n4c5ccccc5c5ccccc54)c3)ccc2-c2c1cc(N(c1ccc(-c3ccccc3)cc1)c1cccc(-n3c4ccccc4c4ccccc43)c1)c1ccccc21. The van der Waals surface area contributed by atoms with Gasteiger partial charge >= 0.3 is 0 Å². The minimum atomic E-state index is -0.313. The summed E-state index contributed by atoms with van der Waals surface area (Å²) in [6, 6.07) is 113. The monoisotopic (exact) mass is 1090 g/mol. The predicted molar refractivity (Wildman–Crippen MR) is 359 cm³/mol. The van der Waals surface area contributed by atoms with E-state index >= 15 is 0 Å². The molecule has 1 aliphatic carbocycles. The highest BCUT2D eigenvalue weighted by Crippen LogP contribution is 2.55. The van der Waals surface area contributed by atoms with Crippen molar-refractivity contribution in [1.29, 1.82) is 0 Å². The molecule has 0 bridgehead atoms. The van der Waals surface area contributed by atoms with Crippen LogP contribution in [0.3, 0.4) is 0 Å². The van der Waals surface area contributed by atoms with Crippen LogP contribution in [-0.4, -0.2) is 9.13 Å². The van der Waals surface area contributed by atoms with E-state index in [4.69, 9.17) is 0 Å². The van der Waals surface area contributed by atoms with Gasteiger partial charge in [0.15, 0.2) is 0 Å². The summed E-state index contributed by atoms with van der Waals surface area (Å²) in [7, 11) is 0. The number of anilines is 3. The first-order chi connectivity index (χ1) is 41.9. The van der Waals surface area contributed by atoms with Crippen molar-refractivity contribution in [2.45, 2.75) is 38.0 Å². The van der Waals surface area contributed by atoms with Gasteiger partial charge in [-0.05, 0) is 158 Å². The first-order valence-electron chi connectivity index (χ1n) is 29.9. The molecule has 1 unspecified atom stereocenters. The van der Waals surface area contributed by atoms with Crippen molar-refractivity contribution >= 4 is 71.4 Å². The maximum atomic E-state index is 2.56. The lowest BCUT2D eigenvalue weighted by Gasteiger charge is -2.30. The van der Waals surface area contributed by atoms with Crippen LogP contribution in [0.15, 0.2) is 303 Å². The van der Waals surface area contributed by atoms with Crippen LogP contribution in [0.1, 0.15) is 47.6 Å². The van der Waals surface area contributed by atoms with Gasteiger partial charge in [-0.25, -0.2) is 0 Å². The molecule has 3 heteroatoms. The van der Waals surface area contributed by atoms with Gasteiger partial charge < -0.3 is 14.0 Å². The number of fused-ring (bicyclic) bond motifs is 11. The van der Waals surface area contributed by atoms with Crippen molar-refractivity contribution in [1.82, 2.24) is 9.13 Å². The van der Waals surface area contributed by atoms with E-state index in [-0.39, 0.29) is 11.3 Å². The highest BCUT2D eigenvalue weighted by atomic mass is 15.1. The van der Waals surface area contributed by atoms with Crippen LogP contribution >= 0.6 is 0 Å². The van der Waals surface area contributed by atoms with Crippen LogP contribution in [-0.2, 0) is 18.3 Å². The molecular weight excluding hydrogens is 1030 g/mol. The molecule has 0 spiro atoms. The minimum absolute atomic E-state index is 0.202. The topological polar surface area (TPSA) is 13.1 Å². The van der Waals surface area contributed by atoms with E-state index in [9.17, 15) is 0 Å². The van der Waals surface area contributed by atoms with Gasteiger partial charge in [-0.2, -0.15) is 0 Å². The molecule has 1 aliphatic rings. The summed E-state index contributed by atoms with van der Waals surface area (Å²) in [6.07, 6.45) is 1.79. The molecule has 16 rings (SSSR count). The van der Waals surface area contributed by atoms with Gasteiger partial charge in [-0.1, -0.05) is 244 Å². The smallest absolute Gasteiger partial charge is 0.0543 e. The standard InChI is InChI=1S/C82H61N3/c1-82(2)74-51-56(50-62(49-55-39-42-59(43-40-55)57-21-5-3-6-22-57)61-25-19-26-64(52-61)84-76-35-15-11-29-67(76)68-30-12-16-36-77(68)84)41-48-73(74)81-72-34-10-9-33-71(72)80(54-75(81)82)83(63-46-44-60(45-47-63)58-23-7-4-8-24-58)65-27-20-28-66(53-65)85-78-37-17-13-31-69(78)70-32-14-18-38-79(70)85/h3-48,51-54,62H,49-50H2,1-2H3. The molecule has 0 saturated carbocycles. The molecule has 2 heterocycles. The second-order valence-electron chi connectivity index (χ2n) is 23.6. The van der Waals surface area contributed by atoms with Gasteiger partial charge in [0.2, 0.25) is 0 Å². The first-order valence-corrected chi connectivity index (χ1v) is 29.9. The summed E-state index contributed by atoms with van der Waals surface area (Å²) in [5.41, 5.74) is 24.4. The van der Waals surface area contributed by atoms with E-state index < -0.39 is 0 Å². The van der Waals surface area contributed by atoms with E-state index in [1.54, 1.807) is 0 Å². The zero-order chi connectivity index (χ0) is 56.6. The zero-order valence-corrected chi connectivity index (χ0v) is 47.7. The largest absolute Gasteiger partial charge is 0.310 e. The van der Waals surface area contributed by atoms with Gasteiger partial charge in [-0.15, -0.1) is 0 Å². The molecule has 3 nitrogen and oxygen atoms in total. The van der Waals surface area contributed by atoms with Crippen molar-refractivity contribution in [3.63, 3.8) is 0 Å². The number of aromatic nitrogens is 2. The van der Waals surface area contributed by atoms with Crippen LogP contribution < -0.4 is 4.90 Å². The van der Waals surface area contributed by atoms with Crippen LogP contribution in [0.5, 0.6) is 0 Å². The average molecular weight is 1090 g/mol. The highest BCUT2D eigenvalue weighted by molar-refractivity contribution is 6.12. The summed E-state index contributed by atoms with van der Waals surface area (Å²) >= 11 is 0. The molecule has 0 aliphatic heterocycles. The van der Waals surface area contributed by atoms with E-state index in [2.05, 4.69) is 331 Å². The third-order valence-electron chi connectivity index (χ3n) is 18.3. The van der Waals surface area contributed by atoms with Gasteiger partial charge in [0.25, 0.3) is 0 Å². The minimum Gasteiger partial charge on any atom is -0.310 e. The molecule has 0 radical (unpaired) electrons. The van der Waals surface area contributed by atoms with Crippen molar-refractivity contribution in [2.75, 3.05) is 4.90 Å². The number of nitrogens with zero attached hydrogens (tertiary/aromatic N) is 3. The van der Waals surface area contributed by atoms with Crippen LogP contribution in [0, 0.1) is 0 Å². The molecule has 0 fully saturated rings. The molecular formula is C82H61N3. The Hall–Kier alpha value is -10.5. The molecule has 85 heavy (non-hydrogen) atoms. The van der Waals surface area contributed by atoms with Gasteiger partial charge in [0.05, 0.1) is 27.8 Å². The van der Waals surface area contributed by atoms with E-state index in [1.165, 1.54) is 121 Å². The third kappa shape index (κ3) is 8.57. The highest BCUT2D eigenvalue weighted by Gasteiger charge is 2.38. The molecule has 2 aromatic heterocycles. The lowest BCUT2D eigenvalue weighted by atomic mass is 9.80. The maximum Gasteiger partial charge on any atom is 0.0543 e. The Morgan fingerprint density at radius 1 is 0.329 bits per heavy atom. The van der Waals surface area contributed by atoms with Crippen molar-refractivity contribution in [3.8, 4) is 44.8 Å². The average Bonchev–Trinajstić information content (AvgIpc) is 1.86. The number of benzene rings is 13. The fourth-order valence-corrected chi connectivity index (χ4v) is 14.2. The molecule has 15 aromatic rings. The molecule has 0 saturated heterocycles. The first kappa shape index (κ1) is 50.3. The van der Waals surface area contributed by atoms with Crippen LogP contribution in [0.2, 0.25) is 0 Å². The molecule has 0 amide bonds.